The Bertz CT molecular complexity index is 1060. The molecular formula is C25H34N2O5S. The van der Waals surface area contributed by atoms with E-state index in [4.69, 9.17) is 9.47 Å². The highest BCUT2D eigenvalue weighted by molar-refractivity contribution is 7.92. The number of amides is 1. The monoisotopic (exact) mass is 474 g/mol. The minimum atomic E-state index is -3.71. The van der Waals surface area contributed by atoms with E-state index >= 15 is 0 Å². The highest BCUT2D eigenvalue weighted by atomic mass is 32.2. The van der Waals surface area contributed by atoms with Gasteiger partial charge in [0, 0.05) is 12.0 Å². The van der Waals surface area contributed by atoms with Gasteiger partial charge in [0.15, 0.2) is 0 Å². The first kappa shape index (κ1) is 24.9. The predicted molar refractivity (Wildman–Crippen MR) is 130 cm³/mol. The number of benzene rings is 2. The second kappa shape index (κ2) is 10.0. The molecule has 3 rings (SSSR count). The first-order valence-corrected chi connectivity index (χ1v) is 13.3. The number of para-hydroxylation sites is 1. The molecule has 8 heteroatoms. The number of hydrogen-bond acceptors (Lipinski definition) is 5. The number of fused-ring (bicyclic) bond motifs is 1. The van der Waals surface area contributed by atoms with Crippen molar-refractivity contribution in [2.75, 3.05) is 17.2 Å². The van der Waals surface area contributed by atoms with E-state index in [1.165, 1.54) is 0 Å². The van der Waals surface area contributed by atoms with Crippen molar-refractivity contribution >= 4 is 21.6 Å². The van der Waals surface area contributed by atoms with Crippen molar-refractivity contribution in [1.29, 1.82) is 0 Å². The SMILES string of the molecule is CCOc1ccc(N([C@H](C)C(=O)N[C@H]2CC(CC)(CC)Oc3ccccc32)S(C)(=O)=O)cc1. The fraction of sp³-hybridized carbons (Fsp3) is 0.480. The summed E-state index contributed by atoms with van der Waals surface area (Å²) in [4.78, 5) is 13.4. The Balaban J connectivity index is 1.88. The maximum absolute atomic E-state index is 13.4. The van der Waals surface area contributed by atoms with Crippen LogP contribution in [0.4, 0.5) is 5.69 Å². The molecule has 0 spiro atoms. The van der Waals surface area contributed by atoms with Crippen LogP contribution < -0.4 is 19.1 Å². The van der Waals surface area contributed by atoms with Crippen LogP contribution in [-0.2, 0) is 14.8 Å². The molecule has 0 unspecified atom stereocenters. The van der Waals surface area contributed by atoms with Gasteiger partial charge in [-0.05, 0) is 57.0 Å². The predicted octanol–water partition coefficient (Wildman–Crippen LogP) is 4.44. The molecule has 0 radical (unpaired) electrons. The van der Waals surface area contributed by atoms with Gasteiger partial charge >= 0.3 is 0 Å². The molecule has 0 aromatic heterocycles. The molecule has 0 aliphatic carbocycles. The van der Waals surface area contributed by atoms with E-state index in [0.717, 1.165) is 34.7 Å². The number of hydrogen-bond donors (Lipinski definition) is 1. The minimum absolute atomic E-state index is 0.272. The van der Waals surface area contributed by atoms with Gasteiger partial charge in [-0.25, -0.2) is 8.42 Å². The molecule has 1 aliphatic heterocycles. The van der Waals surface area contributed by atoms with E-state index in [1.807, 2.05) is 31.2 Å². The number of nitrogens with one attached hydrogen (secondary N) is 1. The van der Waals surface area contributed by atoms with Crippen LogP contribution in [0.3, 0.4) is 0 Å². The molecule has 0 saturated heterocycles. The van der Waals surface area contributed by atoms with Gasteiger partial charge in [-0.2, -0.15) is 0 Å². The van der Waals surface area contributed by atoms with Crippen LogP contribution in [0.15, 0.2) is 48.5 Å². The molecule has 1 aliphatic rings. The lowest BCUT2D eigenvalue weighted by molar-refractivity contribution is -0.123. The quantitative estimate of drug-likeness (QED) is 0.581. The van der Waals surface area contributed by atoms with Crippen LogP contribution in [-0.4, -0.2) is 38.8 Å². The molecule has 7 nitrogen and oxygen atoms in total. The zero-order chi connectivity index (χ0) is 24.2. The lowest BCUT2D eigenvalue weighted by Crippen LogP contribution is -2.51. The highest BCUT2D eigenvalue weighted by Gasteiger charge is 2.40. The molecule has 0 saturated carbocycles. The molecule has 2 atom stereocenters. The van der Waals surface area contributed by atoms with Crippen molar-refractivity contribution in [3.05, 3.63) is 54.1 Å². The van der Waals surface area contributed by atoms with Gasteiger partial charge in [-0.15, -0.1) is 0 Å². The third-order valence-electron chi connectivity index (χ3n) is 6.29. The molecule has 2 aromatic rings. The van der Waals surface area contributed by atoms with Crippen molar-refractivity contribution in [1.82, 2.24) is 5.32 Å². The highest BCUT2D eigenvalue weighted by Crippen LogP contribution is 2.42. The Morgan fingerprint density at radius 3 is 2.36 bits per heavy atom. The van der Waals surface area contributed by atoms with E-state index in [0.29, 0.717) is 24.5 Å². The summed E-state index contributed by atoms with van der Waals surface area (Å²) < 4.78 is 38.3. The van der Waals surface area contributed by atoms with E-state index in [2.05, 4.69) is 19.2 Å². The average molecular weight is 475 g/mol. The van der Waals surface area contributed by atoms with Crippen molar-refractivity contribution in [3.8, 4) is 11.5 Å². The number of ether oxygens (including phenoxy) is 2. The first-order chi connectivity index (χ1) is 15.6. The van der Waals surface area contributed by atoms with Crippen molar-refractivity contribution in [2.24, 2.45) is 0 Å². The average Bonchev–Trinajstić information content (AvgIpc) is 2.79. The molecule has 0 bridgehead atoms. The number of nitrogens with zero attached hydrogens (tertiary/aromatic N) is 1. The van der Waals surface area contributed by atoms with Gasteiger partial charge in [-0.3, -0.25) is 9.10 Å². The molecule has 0 fully saturated rings. The van der Waals surface area contributed by atoms with Crippen molar-refractivity contribution < 1.29 is 22.7 Å². The van der Waals surface area contributed by atoms with Crippen LogP contribution in [0, 0.1) is 0 Å². The second-order valence-corrected chi connectivity index (χ2v) is 10.3. The fourth-order valence-corrected chi connectivity index (χ4v) is 5.56. The number of carbonyl (C=O) groups excluding carboxylic acids is 1. The lowest BCUT2D eigenvalue weighted by atomic mass is 9.83. The molecule has 1 heterocycles. The second-order valence-electron chi connectivity index (χ2n) is 8.46. The molecule has 1 N–H and O–H groups in total. The van der Waals surface area contributed by atoms with Gasteiger partial charge in [0.1, 0.15) is 23.1 Å². The molecule has 33 heavy (non-hydrogen) atoms. The van der Waals surface area contributed by atoms with E-state index < -0.39 is 16.1 Å². The Morgan fingerprint density at radius 2 is 1.79 bits per heavy atom. The topological polar surface area (TPSA) is 84.9 Å². The summed E-state index contributed by atoms with van der Waals surface area (Å²) in [6.45, 7) is 8.15. The molecular weight excluding hydrogens is 440 g/mol. The lowest BCUT2D eigenvalue weighted by Gasteiger charge is -2.42. The Hall–Kier alpha value is -2.74. The molecule has 180 valence electrons. The summed E-state index contributed by atoms with van der Waals surface area (Å²) >= 11 is 0. The van der Waals surface area contributed by atoms with Crippen LogP contribution in [0.25, 0.3) is 0 Å². The van der Waals surface area contributed by atoms with E-state index in [1.54, 1.807) is 31.2 Å². The summed E-state index contributed by atoms with van der Waals surface area (Å²) in [7, 11) is -3.71. The number of rotatable bonds is 9. The summed E-state index contributed by atoms with van der Waals surface area (Å²) in [5.74, 6) is 1.04. The van der Waals surface area contributed by atoms with Gasteiger partial charge in [0.05, 0.1) is 24.6 Å². The standard InChI is InChI=1S/C25H34N2O5S/c1-6-25(7-2)17-22(21-11-9-10-12-23(21)32-25)26-24(28)18(4)27(33(5,29)30)19-13-15-20(16-14-19)31-8-3/h9-16,18,22H,6-8,17H2,1-5H3,(H,26,28)/t18-,22+/m1/s1. The van der Waals surface area contributed by atoms with Gasteiger partial charge in [0.25, 0.3) is 0 Å². The number of anilines is 1. The largest absolute Gasteiger partial charge is 0.494 e. The van der Waals surface area contributed by atoms with Crippen molar-refractivity contribution in [3.63, 3.8) is 0 Å². The third-order valence-corrected chi connectivity index (χ3v) is 7.53. The zero-order valence-electron chi connectivity index (χ0n) is 20.0. The number of sulfonamides is 1. The Kier molecular flexibility index (Phi) is 7.57. The fourth-order valence-electron chi connectivity index (χ4n) is 4.39. The van der Waals surface area contributed by atoms with Crippen LogP contribution in [0.5, 0.6) is 11.5 Å². The number of carbonyl (C=O) groups is 1. The first-order valence-electron chi connectivity index (χ1n) is 11.4. The summed E-state index contributed by atoms with van der Waals surface area (Å²) in [6.07, 6.45) is 3.34. The Labute approximate surface area is 197 Å². The van der Waals surface area contributed by atoms with Crippen LogP contribution in [0.2, 0.25) is 0 Å². The normalized spacial score (nSPS) is 17.9. The van der Waals surface area contributed by atoms with Crippen LogP contribution >= 0.6 is 0 Å². The molecule has 2 aromatic carbocycles. The summed E-state index contributed by atoms with van der Waals surface area (Å²) in [5.41, 5.74) is 0.941. The van der Waals surface area contributed by atoms with Gasteiger partial charge in [0.2, 0.25) is 15.9 Å². The van der Waals surface area contributed by atoms with E-state index in [9.17, 15) is 13.2 Å². The summed E-state index contributed by atoms with van der Waals surface area (Å²) in [5, 5.41) is 3.10. The zero-order valence-corrected chi connectivity index (χ0v) is 20.8. The maximum atomic E-state index is 13.4. The summed E-state index contributed by atoms with van der Waals surface area (Å²) in [6, 6.07) is 13.2. The van der Waals surface area contributed by atoms with Gasteiger partial charge in [-0.1, -0.05) is 32.0 Å². The molecule has 1 amide bonds. The smallest absolute Gasteiger partial charge is 0.244 e. The third kappa shape index (κ3) is 5.43. The van der Waals surface area contributed by atoms with E-state index in [-0.39, 0.29) is 17.6 Å². The van der Waals surface area contributed by atoms with Gasteiger partial charge < -0.3 is 14.8 Å². The minimum Gasteiger partial charge on any atom is -0.494 e. The van der Waals surface area contributed by atoms with Crippen LogP contribution in [0.1, 0.15) is 58.6 Å². The Morgan fingerprint density at radius 1 is 1.15 bits per heavy atom. The van der Waals surface area contributed by atoms with Crippen molar-refractivity contribution in [2.45, 2.75) is 64.6 Å². The maximum Gasteiger partial charge on any atom is 0.244 e.